The highest BCUT2D eigenvalue weighted by Gasteiger charge is 2.34. The lowest BCUT2D eigenvalue weighted by molar-refractivity contribution is 0.0926. The van der Waals surface area contributed by atoms with Gasteiger partial charge in [0.15, 0.2) is 0 Å². The molecule has 1 aliphatic rings. The summed E-state index contributed by atoms with van der Waals surface area (Å²) >= 11 is 0. The molecule has 0 saturated carbocycles. The van der Waals surface area contributed by atoms with Crippen molar-refractivity contribution < 1.29 is 17.9 Å². The predicted octanol–water partition coefficient (Wildman–Crippen LogP) is -0.461. The van der Waals surface area contributed by atoms with Gasteiger partial charge in [-0.15, -0.1) is 0 Å². The maximum absolute atomic E-state index is 12.2. The zero-order chi connectivity index (χ0) is 16.3. The van der Waals surface area contributed by atoms with Gasteiger partial charge in [0.2, 0.25) is 10.0 Å². The van der Waals surface area contributed by atoms with E-state index in [1.807, 2.05) is 6.92 Å². The van der Waals surface area contributed by atoms with Gasteiger partial charge < -0.3 is 10.1 Å². The van der Waals surface area contributed by atoms with E-state index in [-0.39, 0.29) is 23.6 Å². The largest absolute Gasteiger partial charge is 0.379 e. The van der Waals surface area contributed by atoms with Gasteiger partial charge in [-0.1, -0.05) is 0 Å². The molecule has 124 valence electrons. The van der Waals surface area contributed by atoms with Crippen molar-refractivity contribution in [2.45, 2.75) is 19.5 Å². The Labute approximate surface area is 130 Å². The van der Waals surface area contributed by atoms with E-state index in [1.54, 1.807) is 10.9 Å². The van der Waals surface area contributed by atoms with Crippen molar-refractivity contribution >= 4 is 15.9 Å². The number of aryl methyl sites for hydroxylation is 1. The molecule has 0 aromatic carbocycles. The molecule has 1 amide bonds. The predicted molar refractivity (Wildman–Crippen MR) is 80.9 cm³/mol. The normalized spacial score (nSPS) is 22.2. The highest BCUT2D eigenvalue weighted by Crippen LogP contribution is 2.17. The van der Waals surface area contributed by atoms with E-state index in [9.17, 15) is 13.2 Å². The molecule has 2 rings (SSSR count). The lowest BCUT2D eigenvalue weighted by Crippen LogP contribution is -2.43. The second kappa shape index (κ2) is 6.76. The summed E-state index contributed by atoms with van der Waals surface area (Å²) < 4.78 is 32.1. The van der Waals surface area contributed by atoms with Gasteiger partial charge >= 0.3 is 0 Å². The minimum atomic E-state index is -3.33. The van der Waals surface area contributed by atoms with E-state index in [0.29, 0.717) is 25.3 Å². The molecule has 1 aromatic rings. The summed E-state index contributed by atoms with van der Waals surface area (Å²) in [6, 6.07) is -0.313. The van der Waals surface area contributed by atoms with Gasteiger partial charge in [0.05, 0.1) is 36.8 Å². The van der Waals surface area contributed by atoms with Crippen LogP contribution in [0.4, 0.5) is 0 Å². The number of carbonyl (C=O) groups excluding carboxylic acids is 1. The molecule has 22 heavy (non-hydrogen) atoms. The molecule has 1 N–H and O–H groups in total. The number of ether oxygens (including phenoxy) is 1. The first-order valence-electron chi connectivity index (χ1n) is 7.14. The van der Waals surface area contributed by atoms with Crippen molar-refractivity contribution in [3.63, 3.8) is 0 Å². The molecular weight excluding hydrogens is 308 g/mol. The smallest absolute Gasteiger partial charge is 0.254 e. The number of hydrogen-bond acceptors (Lipinski definition) is 5. The standard InChI is InChI=1S/C13H22N4O4S/c1-4-17-6-10(5-14-17)13(18)15-12-8-21-7-11(12)9-22(19,20)16(2)3/h5-6,11-12H,4,7-9H2,1-3H3,(H,15,18)/t11-,12-/m0/s1. The van der Waals surface area contributed by atoms with Gasteiger partial charge in [0, 0.05) is 32.8 Å². The van der Waals surface area contributed by atoms with Crippen LogP contribution in [0, 0.1) is 5.92 Å². The van der Waals surface area contributed by atoms with Gasteiger partial charge in [-0.25, -0.2) is 12.7 Å². The Hall–Kier alpha value is -1.45. The Kier molecular flexibility index (Phi) is 5.20. The summed E-state index contributed by atoms with van der Waals surface area (Å²) in [6.07, 6.45) is 3.16. The number of carbonyl (C=O) groups is 1. The third-order valence-electron chi connectivity index (χ3n) is 3.72. The quantitative estimate of drug-likeness (QED) is 0.762. The van der Waals surface area contributed by atoms with Crippen molar-refractivity contribution in [1.82, 2.24) is 19.4 Å². The summed E-state index contributed by atoms with van der Waals surface area (Å²) in [6.45, 7) is 3.26. The maximum atomic E-state index is 12.2. The molecule has 0 unspecified atom stereocenters. The summed E-state index contributed by atoms with van der Waals surface area (Å²) in [5.74, 6) is -0.556. The summed E-state index contributed by atoms with van der Waals surface area (Å²) in [5.41, 5.74) is 0.461. The van der Waals surface area contributed by atoms with E-state index in [2.05, 4.69) is 10.4 Å². The Morgan fingerprint density at radius 2 is 2.23 bits per heavy atom. The molecule has 9 heteroatoms. The van der Waals surface area contributed by atoms with Crippen LogP contribution in [0.1, 0.15) is 17.3 Å². The minimum absolute atomic E-state index is 0.0425. The minimum Gasteiger partial charge on any atom is -0.379 e. The fourth-order valence-electron chi connectivity index (χ4n) is 2.25. The molecule has 1 saturated heterocycles. The second-order valence-electron chi connectivity index (χ2n) is 5.52. The molecule has 1 aliphatic heterocycles. The fraction of sp³-hybridized carbons (Fsp3) is 0.692. The molecular formula is C13H22N4O4S. The maximum Gasteiger partial charge on any atom is 0.254 e. The van der Waals surface area contributed by atoms with Crippen LogP contribution < -0.4 is 5.32 Å². The van der Waals surface area contributed by atoms with Gasteiger partial charge in [0.1, 0.15) is 0 Å². The van der Waals surface area contributed by atoms with Gasteiger partial charge in [-0.2, -0.15) is 5.10 Å². The van der Waals surface area contributed by atoms with Crippen LogP contribution in [0.15, 0.2) is 12.4 Å². The molecule has 2 atom stereocenters. The van der Waals surface area contributed by atoms with E-state index in [4.69, 9.17) is 4.74 Å². The van der Waals surface area contributed by atoms with E-state index in [0.717, 1.165) is 0 Å². The van der Waals surface area contributed by atoms with Crippen LogP contribution in [0.5, 0.6) is 0 Å². The van der Waals surface area contributed by atoms with Gasteiger partial charge in [0.25, 0.3) is 5.91 Å². The fourth-order valence-corrected chi connectivity index (χ4v) is 3.42. The Balaban J connectivity index is 2.00. The van der Waals surface area contributed by atoms with Crippen molar-refractivity contribution in [2.24, 2.45) is 5.92 Å². The number of sulfonamides is 1. The van der Waals surface area contributed by atoms with Crippen LogP contribution in [0.25, 0.3) is 0 Å². The topological polar surface area (TPSA) is 93.5 Å². The lowest BCUT2D eigenvalue weighted by Gasteiger charge is -2.20. The number of amides is 1. The van der Waals surface area contributed by atoms with Crippen molar-refractivity contribution in [1.29, 1.82) is 0 Å². The summed E-state index contributed by atoms with van der Waals surface area (Å²) in [7, 11) is -0.333. The molecule has 1 aromatic heterocycles. The van der Waals surface area contributed by atoms with Crippen LogP contribution in [-0.2, 0) is 21.3 Å². The summed E-state index contributed by atoms with van der Waals surface area (Å²) in [5, 5.41) is 6.90. The molecule has 0 bridgehead atoms. The number of nitrogens with zero attached hydrogens (tertiary/aromatic N) is 3. The van der Waals surface area contributed by atoms with Crippen LogP contribution in [0.2, 0.25) is 0 Å². The van der Waals surface area contributed by atoms with E-state index in [1.165, 1.54) is 24.6 Å². The summed E-state index contributed by atoms with van der Waals surface area (Å²) in [4.78, 5) is 12.2. The number of rotatable bonds is 6. The number of aromatic nitrogens is 2. The van der Waals surface area contributed by atoms with Gasteiger partial charge in [-0.05, 0) is 6.92 Å². The Bertz CT molecular complexity index is 626. The molecule has 1 fully saturated rings. The van der Waals surface area contributed by atoms with Crippen LogP contribution in [0.3, 0.4) is 0 Å². The molecule has 8 nitrogen and oxygen atoms in total. The molecule has 2 heterocycles. The lowest BCUT2D eigenvalue weighted by atomic mass is 10.1. The average molecular weight is 330 g/mol. The van der Waals surface area contributed by atoms with Crippen LogP contribution in [-0.4, -0.2) is 67.5 Å². The second-order valence-corrected chi connectivity index (χ2v) is 7.75. The third kappa shape index (κ3) is 3.84. The highest BCUT2D eigenvalue weighted by molar-refractivity contribution is 7.89. The molecule has 0 spiro atoms. The van der Waals surface area contributed by atoms with Crippen molar-refractivity contribution in [2.75, 3.05) is 33.1 Å². The SMILES string of the molecule is CCn1cc(C(=O)N[C@H]2COC[C@H]2CS(=O)(=O)N(C)C)cn1. The number of hydrogen-bond donors (Lipinski definition) is 1. The van der Waals surface area contributed by atoms with Crippen molar-refractivity contribution in [3.05, 3.63) is 18.0 Å². The van der Waals surface area contributed by atoms with E-state index < -0.39 is 10.0 Å². The first kappa shape index (κ1) is 16.9. The third-order valence-corrected chi connectivity index (χ3v) is 5.68. The average Bonchev–Trinajstić information content (AvgIpc) is 3.08. The molecule has 0 radical (unpaired) electrons. The zero-order valence-electron chi connectivity index (χ0n) is 13.0. The van der Waals surface area contributed by atoms with Gasteiger partial charge in [-0.3, -0.25) is 9.48 Å². The first-order chi connectivity index (χ1) is 10.3. The zero-order valence-corrected chi connectivity index (χ0v) is 13.8. The number of nitrogens with one attached hydrogen (secondary N) is 1. The first-order valence-corrected chi connectivity index (χ1v) is 8.75. The van der Waals surface area contributed by atoms with Crippen LogP contribution >= 0.6 is 0 Å². The Morgan fingerprint density at radius 1 is 1.50 bits per heavy atom. The molecule has 0 aliphatic carbocycles. The monoisotopic (exact) mass is 330 g/mol. The highest BCUT2D eigenvalue weighted by atomic mass is 32.2. The van der Waals surface area contributed by atoms with E-state index >= 15 is 0 Å². The van der Waals surface area contributed by atoms with Crippen molar-refractivity contribution in [3.8, 4) is 0 Å². The Morgan fingerprint density at radius 3 is 2.82 bits per heavy atom.